The van der Waals surface area contributed by atoms with Crippen LogP contribution >= 0.6 is 0 Å². The van der Waals surface area contributed by atoms with E-state index in [1.807, 2.05) is 50.9 Å². The Labute approximate surface area is 109 Å². The van der Waals surface area contributed by atoms with Gasteiger partial charge in [-0.3, -0.25) is 9.78 Å². The molecule has 0 aliphatic heterocycles. The summed E-state index contributed by atoms with van der Waals surface area (Å²) < 4.78 is 0. The van der Waals surface area contributed by atoms with Crippen molar-refractivity contribution < 1.29 is 4.79 Å². The minimum Gasteiger partial charge on any atom is -0.337 e. The van der Waals surface area contributed by atoms with Crippen LogP contribution in [0.1, 0.15) is 25.2 Å². The number of carbonyl (C=O) groups is 1. The van der Waals surface area contributed by atoms with Gasteiger partial charge in [-0.05, 0) is 33.0 Å². The average Bonchev–Trinajstić information content (AvgIpc) is 2.35. The minimum atomic E-state index is -0.000223. The number of amides is 1. The number of nitrogens with one attached hydrogen (secondary N) is 1. The predicted octanol–water partition coefficient (Wildman–Crippen LogP) is 1.59. The van der Waals surface area contributed by atoms with Crippen molar-refractivity contribution in [3.63, 3.8) is 0 Å². The molecule has 0 saturated carbocycles. The lowest BCUT2D eigenvalue weighted by atomic mass is 10.1. The molecule has 4 nitrogen and oxygen atoms in total. The summed E-state index contributed by atoms with van der Waals surface area (Å²) in [5.41, 5.74) is 1.93. The van der Waals surface area contributed by atoms with Crippen molar-refractivity contribution >= 4 is 5.91 Å². The molecule has 0 saturated heterocycles. The molecule has 1 aromatic rings. The van der Waals surface area contributed by atoms with Gasteiger partial charge in [-0.1, -0.05) is 13.0 Å². The number of aryl methyl sites for hydroxylation is 1. The van der Waals surface area contributed by atoms with E-state index >= 15 is 0 Å². The van der Waals surface area contributed by atoms with Crippen molar-refractivity contribution in [3.8, 4) is 0 Å². The summed E-state index contributed by atoms with van der Waals surface area (Å²) >= 11 is 0. The zero-order chi connectivity index (χ0) is 13.5. The van der Waals surface area contributed by atoms with Gasteiger partial charge >= 0.3 is 0 Å². The largest absolute Gasteiger partial charge is 0.337 e. The summed E-state index contributed by atoms with van der Waals surface area (Å²) in [6.45, 7) is 7.92. The highest BCUT2D eigenvalue weighted by Crippen LogP contribution is 2.07. The molecule has 0 bridgehead atoms. The van der Waals surface area contributed by atoms with Crippen LogP contribution in [0.25, 0.3) is 0 Å². The summed E-state index contributed by atoms with van der Waals surface area (Å²) in [5, 5.41) is 3.04. The van der Waals surface area contributed by atoms with Crippen molar-refractivity contribution in [3.05, 3.63) is 29.6 Å². The first kappa shape index (κ1) is 14.6. The predicted molar refractivity (Wildman–Crippen MR) is 73.2 cm³/mol. The molecule has 1 N–H and O–H groups in total. The third-order valence-electron chi connectivity index (χ3n) is 2.92. The molecule has 4 heteroatoms. The summed E-state index contributed by atoms with van der Waals surface area (Å²) in [5.74, 6) is 0.176. The van der Waals surface area contributed by atoms with Crippen molar-refractivity contribution in [1.29, 1.82) is 0 Å². The zero-order valence-electron chi connectivity index (χ0n) is 11.7. The van der Waals surface area contributed by atoms with Crippen LogP contribution in [0.2, 0.25) is 0 Å². The van der Waals surface area contributed by atoms with E-state index in [2.05, 4.69) is 10.3 Å². The Balaban J connectivity index is 2.69. The smallest absolute Gasteiger partial charge is 0.227 e. The second kappa shape index (κ2) is 7.11. The van der Waals surface area contributed by atoms with Gasteiger partial charge in [0.1, 0.15) is 0 Å². The highest BCUT2D eigenvalue weighted by Gasteiger charge is 2.19. The molecule has 18 heavy (non-hydrogen) atoms. The quantitative estimate of drug-likeness (QED) is 0.833. The van der Waals surface area contributed by atoms with E-state index in [0.717, 1.165) is 11.4 Å². The first-order valence-corrected chi connectivity index (χ1v) is 6.44. The average molecular weight is 249 g/mol. The van der Waals surface area contributed by atoms with Gasteiger partial charge in [-0.15, -0.1) is 0 Å². The molecule has 0 aromatic carbocycles. The highest BCUT2D eigenvalue weighted by molar-refractivity contribution is 5.78. The SMILES string of the molecule is CCN(Cc1cccc(C)n1)C(=O)C(C)CNC. The van der Waals surface area contributed by atoms with Crippen LogP contribution < -0.4 is 5.32 Å². The molecule has 1 atom stereocenters. The second-order valence-electron chi connectivity index (χ2n) is 4.58. The number of hydrogen-bond acceptors (Lipinski definition) is 3. The van der Waals surface area contributed by atoms with Crippen molar-refractivity contribution in [1.82, 2.24) is 15.2 Å². The molecular formula is C14H23N3O. The number of rotatable bonds is 6. The fourth-order valence-corrected chi connectivity index (χ4v) is 1.93. The van der Waals surface area contributed by atoms with Crippen molar-refractivity contribution in [2.75, 3.05) is 20.1 Å². The molecule has 1 rings (SSSR count). The van der Waals surface area contributed by atoms with Crippen molar-refractivity contribution in [2.45, 2.75) is 27.3 Å². The van der Waals surface area contributed by atoms with Crippen LogP contribution in [-0.4, -0.2) is 35.9 Å². The van der Waals surface area contributed by atoms with E-state index in [1.165, 1.54) is 0 Å². The van der Waals surface area contributed by atoms with E-state index in [-0.39, 0.29) is 11.8 Å². The maximum absolute atomic E-state index is 12.2. The second-order valence-corrected chi connectivity index (χ2v) is 4.58. The zero-order valence-corrected chi connectivity index (χ0v) is 11.7. The topological polar surface area (TPSA) is 45.2 Å². The third-order valence-corrected chi connectivity index (χ3v) is 2.92. The fourth-order valence-electron chi connectivity index (χ4n) is 1.93. The normalized spacial score (nSPS) is 12.2. The summed E-state index contributed by atoms with van der Waals surface area (Å²) in [7, 11) is 1.86. The lowest BCUT2D eigenvalue weighted by molar-refractivity contribution is -0.135. The van der Waals surface area contributed by atoms with Gasteiger partial charge in [0.2, 0.25) is 5.91 Å². The van der Waals surface area contributed by atoms with E-state index in [0.29, 0.717) is 19.6 Å². The maximum Gasteiger partial charge on any atom is 0.227 e. The van der Waals surface area contributed by atoms with Gasteiger partial charge in [-0.25, -0.2) is 0 Å². The van der Waals surface area contributed by atoms with E-state index in [9.17, 15) is 4.79 Å². The Kier molecular flexibility index (Phi) is 5.78. The molecular weight excluding hydrogens is 226 g/mol. The fraction of sp³-hybridized carbons (Fsp3) is 0.571. The number of hydrogen-bond donors (Lipinski definition) is 1. The van der Waals surface area contributed by atoms with Crippen molar-refractivity contribution in [2.24, 2.45) is 5.92 Å². The van der Waals surface area contributed by atoms with Gasteiger partial charge in [0.15, 0.2) is 0 Å². The molecule has 100 valence electrons. The van der Waals surface area contributed by atoms with Crippen LogP contribution in [0.5, 0.6) is 0 Å². The molecule has 0 aliphatic carbocycles. The van der Waals surface area contributed by atoms with Crippen LogP contribution in [0.4, 0.5) is 0 Å². The van der Waals surface area contributed by atoms with E-state index in [1.54, 1.807) is 0 Å². The van der Waals surface area contributed by atoms with Crippen LogP contribution in [0, 0.1) is 12.8 Å². The third kappa shape index (κ3) is 4.11. The molecule has 1 aromatic heterocycles. The van der Waals surface area contributed by atoms with Gasteiger partial charge in [0.05, 0.1) is 12.2 Å². The lowest BCUT2D eigenvalue weighted by Gasteiger charge is -2.24. The molecule has 1 amide bonds. The van der Waals surface area contributed by atoms with E-state index in [4.69, 9.17) is 0 Å². The Morgan fingerprint density at radius 3 is 2.78 bits per heavy atom. The first-order valence-electron chi connectivity index (χ1n) is 6.44. The summed E-state index contributed by atoms with van der Waals surface area (Å²) in [6.07, 6.45) is 0. The number of aromatic nitrogens is 1. The monoisotopic (exact) mass is 249 g/mol. The van der Waals surface area contributed by atoms with Gasteiger partial charge in [0.25, 0.3) is 0 Å². The van der Waals surface area contributed by atoms with Crippen LogP contribution in [0.3, 0.4) is 0 Å². The Bertz CT molecular complexity index is 392. The standard InChI is InChI=1S/C14H23N3O/c1-5-17(14(18)11(2)9-15-4)10-13-8-6-7-12(3)16-13/h6-8,11,15H,5,9-10H2,1-4H3. The minimum absolute atomic E-state index is 0.000223. The molecule has 0 fully saturated rings. The van der Waals surface area contributed by atoms with Crippen LogP contribution in [-0.2, 0) is 11.3 Å². The van der Waals surface area contributed by atoms with Gasteiger partial charge in [-0.2, -0.15) is 0 Å². The van der Waals surface area contributed by atoms with Crippen LogP contribution in [0.15, 0.2) is 18.2 Å². The number of nitrogens with zero attached hydrogens (tertiary/aromatic N) is 2. The Hall–Kier alpha value is -1.42. The molecule has 1 unspecified atom stereocenters. The summed E-state index contributed by atoms with van der Waals surface area (Å²) in [4.78, 5) is 18.5. The molecule has 1 heterocycles. The highest BCUT2D eigenvalue weighted by atomic mass is 16.2. The maximum atomic E-state index is 12.2. The van der Waals surface area contributed by atoms with Gasteiger partial charge < -0.3 is 10.2 Å². The lowest BCUT2D eigenvalue weighted by Crippen LogP contribution is -2.38. The van der Waals surface area contributed by atoms with Gasteiger partial charge in [0, 0.05) is 24.7 Å². The Morgan fingerprint density at radius 1 is 1.50 bits per heavy atom. The number of carbonyl (C=O) groups excluding carboxylic acids is 1. The molecule has 0 radical (unpaired) electrons. The Morgan fingerprint density at radius 2 is 2.22 bits per heavy atom. The number of pyridine rings is 1. The van der Waals surface area contributed by atoms with E-state index < -0.39 is 0 Å². The molecule has 0 aliphatic rings. The first-order chi connectivity index (χ1) is 8.58. The molecule has 0 spiro atoms. The summed E-state index contributed by atoms with van der Waals surface area (Å²) in [6, 6.07) is 5.91.